The molecule has 0 aliphatic heterocycles. The summed E-state index contributed by atoms with van der Waals surface area (Å²) in [5.41, 5.74) is 2.64. The minimum absolute atomic E-state index is 0.0722. The normalized spacial score (nSPS) is 10.5. The van der Waals surface area contributed by atoms with Gasteiger partial charge in [-0.2, -0.15) is 5.26 Å². The maximum atomic E-state index is 12.2. The summed E-state index contributed by atoms with van der Waals surface area (Å²) in [6.07, 6.45) is 1.30. The summed E-state index contributed by atoms with van der Waals surface area (Å²) < 4.78 is 11.4. The Kier molecular flexibility index (Phi) is 4.53. The van der Waals surface area contributed by atoms with E-state index in [4.69, 9.17) is 14.4 Å². The number of phenols is 1. The highest BCUT2D eigenvalue weighted by Gasteiger charge is 2.19. The lowest BCUT2D eigenvalue weighted by molar-refractivity contribution is 0.291. The number of benzene rings is 3. The minimum Gasteiger partial charge on any atom is -0.504 e. The molecule has 4 rings (SSSR count). The molecule has 0 fully saturated rings. The van der Waals surface area contributed by atoms with Gasteiger partial charge in [-0.1, -0.05) is 42.5 Å². The third-order valence-electron chi connectivity index (χ3n) is 4.40. The molecule has 0 aliphatic carbocycles. The molecule has 0 saturated carbocycles. The molecule has 5 nitrogen and oxygen atoms in total. The lowest BCUT2D eigenvalue weighted by atomic mass is 10.0. The van der Waals surface area contributed by atoms with Crippen molar-refractivity contribution in [3.8, 4) is 28.7 Å². The van der Waals surface area contributed by atoms with Gasteiger partial charge in [0.15, 0.2) is 16.9 Å². The smallest absolute Gasteiger partial charge is 0.196 e. The van der Waals surface area contributed by atoms with E-state index in [1.807, 2.05) is 36.4 Å². The predicted octanol–water partition coefficient (Wildman–Crippen LogP) is 4.62. The van der Waals surface area contributed by atoms with Crippen molar-refractivity contribution >= 4 is 11.0 Å². The Hall–Kier alpha value is -4.04. The van der Waals surface area contributed by atoms with Crippen LogP contribution in [0.1, 0.15) is 11.1 Å². The minimum atomic E-state index is -0.352. The molecular formula is C23H15NO4. The molecule has 1 aromatic heterocycles. The molecule has 0 radical (unpaired) electrons. The highest BCUT2D eigenvalue weighted by Crippen LogP contribution is 2.42. The van der Waals surface area contributed by atoms with Crippen LogP contribution < -0.4 is 10.2 Å². The first kappa shape index (κ1) is 17.4. The molecule has 28 heavy (non-hydrogen) atoms. The van der Waals surface area contributed by atoms with Gasteiger partial charge >= 0.3 is 0 Å². The molecule has 0 bridgehead atoms. The van der Waals surface area contributed by atoms with Gasteiger partial charge in [-0.25, -0.2) is 0 Å². The van der Waals surface area contributed by atoms with Crippen LogP contribution in [-0.4, -0.2) is 5.11 Å². The SMILES string of the molecule is N#Cc1cccc(COc2c(-c3ccccc3)cc3occc(=O)c3c2O)c1. The Labute approximate surface area is 160 Å². The summed E-state index contributed by atoms with van der Waals surface area (Å²) in [4.78, 5) is 12.2. The summed E-state index contributed by atoms with van der Waals surface area (Å²) in [5, 5.41) is 19.9. The molecule has 0 spiro atoms. The molecule has 5 heteroatoms. The van der Waals surface area contributed by atoms with E-state index >= 15 is 0 Å². The number of nitrogens with zero attached hydrogens (tertiary/aromatic N) is 1. The van der Waals surface area contributed by atoms with Gasteiger partial charge in [-0.3, -0.25) is 4.79 Å². The van der Waals surface area contributed by atoms with E-state index in [-0.39, 0.29) is 34.5 Å². The standard InChI is InChI=1S/C23H15NO4/c24-13-15-5-4-6-16(11-15)14-28-23-18(17-7-2-1-3-8-17)12-20-21(22(23)26)19(25)9-10-27-20/h1-12,26H,14H2. The summed E-state index contributed by atoms with van der Waals surface area (Å²) >= 11 is 0. The highest BCUT2D eigenvalue weighted by molar-refractivity contribution is 5.93. The van der Waals surface area contributed by atoms with Crippen LogP contribution >= 0.6 is 0 Å². The average Bonchev–Trinajstić information content (AvgIpc) is 2.73. The van der Waals surface area contributed by atoms with Crippen LogP contribution in [0.2, 0.25) is 0 Å². The molecule has 0 amide bonds. The summed E-state index contributed by atoms with van der Waals surface area (Å²) in [5.74, 6) is -0.0679. The largest absolute Gasteiger partial charge is 0.504 e. The van der Waals surface area contributed by atoms with Gasteiger partial charge in [0, 0.05) is 11.6 Å². The molecule has 3 aromatic carbocycles. The number of ether oxygens (including phenoxy) is 1. The molecule has 0 aliphatic rings. The van der Waals surface area contributed by atoms with E-state index in [0.29, 0.717) is 11.1 Å². The van der Waals surface area contributed by atoms with Gasteiger partial charge in [0.1, 0.15) is 17.6 Å². The fourth-order valence-corrected chi connectivity index (χ4v) is 3.07. The molecule has 4 aromatic rings. The average molecular weight is 369 g/mol. The maximum Gasteiger partial charge on any atom is 0.196 e. The lowest BCUT2D eigenvalue weighted by Gasteiger charge is -2.15. The van der Waals surface area contributed by atoms with Gasteiger partial charge in [-0.15, -0.1) is 0 Å². The van der Waals surface area contributed by atoms with Crippen LogP contribution in [-0.2, 0) is 6.61 Å². The number of hydrogen-bond acceptors (Lipinski definition) is 5. The van der Waals surface area contributed by atoms with Crippen LogP contribution in [0, 0.1) is 11.3 Å². The molecule has 0 atom stereocenters. The second-order valence-electron chi connectivity index (χ2n) is 6.23. The highest BCUT2D eigenvalue weighted by atomic mass is 16.5. The number of fused-ring (bicyclic) bond motifs is 1. The molecule has 0 saturated heterocycles. The Morgan fingerprint density at radius 2 is 1.86 bits per heavy atom. The lowest BCUT2D eigenvalue weighted by Crippen LogP contribution is -2.03. The zero-order valence-corrected chi connectivity index (χ0v) is 14.8. The van der Waals surface area contributed by atoms with Crippen molar-refractivity contribution in [3.05, 3.63) is 94.3 Å². The summed E-state index contributed by atoms with van der Waals surface area (Å²) in [7, 11) is 0. The zero-order chi connectivity index (χ0) is 19.5. The van der Waals surface area contributed by atoms with Crippen molar-refractivity contribution < 1.29 is 14.3 Å². The van der Waals surface area contributed by atoms with Gasteiger partial charge in [-0.05, 0) is 29.3 Å². The van der Waals surface area contributed by atoms with Crippen molar-refractivity contribution in [1.29, 1.82) is 5.26 Å². The van der Waals surface area contributed by atoms with Crippen LogP contribution in [0.4, 0.5) is 0 Å². The zero-order valence-electron chi connectivity index (χ0n) is 14.8. The Balaban J connectivity index is 1.85. The summed E-state index contributed by atoms with van der Waals surface area (Å²) in [6.45, 7) is 0.132. The first-order valence-electron chi connectivity index (χ1n) is 8.62. The van der Waals surface area contributed by atoms with Crippen molar-refractivity contribution in [2.24, 2.45) is 0 Å². The van der Waals surface area contributed by atoms with Crippen LogP contribution in [0.5, 0.6) is 11.5 Å². The molecule has 1 heterocycles. The Morgan fingerprint density at radius 1 is 1.04 bits per heavy atom. The van der Waals surface area contributed by atoms with Crippen molar-refractivity contribution in [2.75, 3.05) is 0 Å². The number of aromatic hydroxyl groups is 1. The fraction of sp³-hybridized carbons (Fsp3) is 0.0435. The number of hydrogen-bond donors (Lipinski definition) is 1. The Morgan fingerprint density at radius 3 is 2.64 bits per heavy atom. The first-order valence-corrected chi connectivity index (χ1v) is 8.62. The second kappa shape index (κ2) is 7.29. The first-order chi connectivity index (χ1) is 13.7. The van der Waals surface area contributed by atoms with E-state index in [0.717, 1.165) is 11.1 Å². The van der Waals surface area contributed by atoms with Crippen LogP contribution in [0.3, 0.4) is 0 Å². The monoisotopic (exact) mass is 369 g/mol. The summed E-state index contributed by atoms with van der Waals surface area (Å²) in [6, 6.07) is 21.4. The van der Waals surface area contributed by atoms with Crippen LogP contribution in [0.15, 0.2) is 82.2 Å². The van der Waals surface area contributed by atoms with Crippen molar-refractivity contribution in [2.45, 2.75) is 6.61 Å². The van der Waals surface area contributed by atoms with E-state index in [1.165, 1.54) is 12.3 Å². The Bertz CT molecular complexity index is 1250. The fourth-order valence-electron chi connectivity index (χ4n) is 3.07. The molecular weight excluding hydrogens is 354 g/mol. The van der Waals surface area contributed by atoms with E-state index in [2.05, 4.69) is 6.07 Å². The van der Waals surface area contributed by atoms with Crippen LogP contribution in [0.25, 0.3) is 22.1 Å². The number of rotatable bonds is 4. The number of nitriles is 1. The van der Waals surface area contributed by atoms with Crippen molar-refractivity contribution in [3.63, 3.8) is 0 Å². The third kappa shape index (κ3) is 3.19. The topological polar surface area (TPSA) is 83.5 Å². The van der Waals surface area contributed by atoms with Gasteiger partial charge < -0.3 is 14.3 Å². The van der Waals surface area contributed by atoms with E-state index < -0.39 is 0 Å². The van der Waals surface area contributed by atoms with Gasteiger partial charge in [0.2, 0.25) is 0 Å². The number of phenolic OH excluding ortho intramolecular Hbond substituents is 1. The third-order valence-corrected chi connectivity index (χ3v) is 4.40. The second-order valence-corrected chi connectivity index (χ2v) is 6.23. The van der Waals surface area contributed by atoms with E-state index in [9.17, 15) is 9.90 Å². The molecule has 0 unspecified atom stereocenters. The van der Waals surface area contributed by atoms with Gasteiger partial charge in [0.05, 0.1) is 17.9 Å². The van der Waals surface area contributed by atoms with Crippen molar-refractivity contribution in [1.82, 2.24) is 0 Å². The maximum absolute atomic E-state index is 12.2. The van der Waals surface area contributed by atoms with Gasteiger partial charge in [0.25, 0.3) is 0 Å². The molecule has 136 valence electrons. The van der Waals surface area contributed by atoms with E-state index in [1.54, 1.807) is 24.3 Å². The molecule has 1 N–H and O–H groups in total. The quantitative estimate of drug-likeness (QED) is 0.568. The predicted molar refractivity (Wildman–Crippen MR) is 105 cm³/mol.